The Hall–Kier alpha value is -1.88. The van der Waals surface area contributed by atoms with Crippen LogP contribution >= 0.6 is 0 Å². The molecule has 2 saturated heterocycles. The average molecular weight is 312 g/mol. The van der Waals surface area contributed by atoms with Crippen LogP contribution in [0.3, 0.4) is 0 Å². The first kappa shape index (κ1) is 14.7. The predicted molar refractivity (Wildman–Crippen MR) is 89.9 cm³/mol. The van der Waals surface area contributed by atoms with Crippen molar-refractivity contribution in [2.45, 2.75) is 25.8 Å². The van der Waals surface area contributed by atoms with Crippen molar-refractivity contribution in [3.8, 4) is 0 Å². The number of benzene rings is 1. The van der Waals surface area contributed by atoms with Gasteiger partial charge in [-0.3, -0.25) is 4.79 Å². The molecule has 0 saturated carbocycles. The maximum absolute atomic E-state index is 13.0. The van der Waals surface area contributed by atoms with Gasteiger partial charge in [0.1, 0.15) is 5.82 Å². The second-order valence-corrected chi connectivity index (χ2v) is 6.91. The number of aromatic nitrogens is 2. The lowest BCUT2D eigenvalue weighted by atomic mass is 9.88. The highest BCUT2D eigenvalue weighted by molar-refractivity contribution is 5.80. The largest absolute Gasteiger partial charge is 0.332 e. The minimum atomic E-state index is 0.103. The molecule has 5 heteroatoms. The van der Waals surface area contributed by atoms with Gasteiger partial charge in [-0.1, -0.05) is 19.1 Å². The highest BCUT2D eigenvalue weighted by Crippen LogP contribution is 2.35. The van der Waals surface area contributed by atoms with Crippen LogP contribution in [0.15, 0.2) is 24.3 Å². The monoisotopic (exact) mass is 312 g/mol. The summed E-state index contributed by atoms with van der Waals surface area (Å²) >= 11 is 0. The molecule has 0 spiro atoms. The smallest absolute Gasteiger partial charge is 0.226 e. The van der Waals surface area contributed by atoms with Crippen molar-refractivity contribution in [3.05, 3.63) is 30.1 Å². The van der Waals surface area contributed by atoms with Gasteiger partial charge in [-0.25, -0.2) is 4.98 Å². The molecule has 2 atom stereocenters. The van der Waals surface area contributed by atoms with Crippen LogP contribution in [0.25, 0.3) is 11.0 Å². The van der Waals surface area contributed by atoms with Gasteiger partial charge in [0.25, 0.3) is 0 Å². The summed E-state index contributed by atoms with van der Waals surface area (Å²) in [5.41, 5.74) is 2.15. The lowest BCUT2D eigenvalue weighted by Gasteiger charge is -2.35. The van der Waals surface area contributed by atoms with Crippen LogP contribution in [-0.2, 0) is 11.8 Å². The number of nitrogens with zero attached hydrogens (tertiary/aromatic N) is 3. The van der Waals surface area contributed by atoms with Crippen LogP contribution in [0.2, 0.25) is 0 Å². The Kier molecular flexibility index (Phi) is 3.60. The van der Waals surface area contributed by atoms with Crippen molar-refractivity contribution in [2.75, 3.05) is 19.6 Å². The number of para-hydroxylation sites is 2. The molecule has 2 fully saturated rings. The van der Waals surface area contributed by atoms with Crippen molar-refractivity contribution in [2.24, 2.45) is 18.9 Å². The van der Waals surface area contributed by atoms with Gasteiger partial charge in [-0.05, 0) is 44.0 Å². The summed E-state index contributed by atoms with van der Waals surface area (Å²) in [4.78, 5) is 19.8. The lowest BCUT2D eigenvalue weighted by Crippen LogP contribution is -2.50. The van der Waals surface area contributed by atoms with Gasteiger partial charge in [-0.2, -0.15) is 0 Å². The molecule has 2 aliphatic rings. The van der Waals surface area contributed by atoms with Gasteiger partial charge >= 0.3 is 0 Å². The van der Waals surface area contributed by atoms with Crippen molar-refractivity contribution in [3.63, 3.8) is 0 Å². The Morgan fingerprint density at radius 2 is 2.13 bits per heavy atom. The highest BCUT2D eigenvalue weighted by atomic mass is 16.2. The van der Waals surface area contributed by atoms with E-state index in [4.69, 9.17) is 4.98 Å². The number of likely N-dealkylation sites (tertiary alicyclic amines) is 1. The summed E-state index contributed by atoms with van der Waals surface area (Å²) in [6.07, 6.45) is 2.08. The van der Waals surface area contributed by atoms with Crippen LogP contribution in [-0.4, -0.2) is 40.0 Å². The van der Waals surface area contributed by atoms with Crippen LogP contribution in [0.5, 0.6) is 0 Å². The first-order valence-electron chi connectivity index (χ1n) is 8.59. The van der Waals surface area contributed by atoms with Crippen molar-refractivity contribution in [1.29, 1.82) is 0 Å². The van der Waals surface area contributed by atoms with E-state index in [2.05, 4.69) is 34.8 Å². The summed E-state index contributed by atoms with van der Waals surface area (Å²) in [6.45, 7) is 4.88. The average Bonchev–Trinajstić information content (AvgIpc) is 3.10. The number of aryl methyl sites for hydroxylation is 1. The number of hydrogen-bond donors (Lipinski definition) is 1. The molecule has 23 heavy (non-hydrogen) atoms. The third-order valence-corrected chi connectivity index (χ3v) is 5.57. The third kappa shape index (κ3) is 2.34. The van der Waals surface area contributed by atoms with Crippen LogP contribution in [0.4, 0.5) is 0 Å². The maximum atomic E-state index is 13.0. The molecule has 5 nitrogen and oxygen atoms in total. The van der Waals surface area contributed by atoms with E-state index in [1.165, 1.54) is 0 Å². The minimum Gasteiger partial charge on any atom is -0.332 e. The zero-order valence-corrected chi connectivity index (χ0v) is 13.8. The van der Waals surface area contributed by atoms with E-state index in [1.807, 2.05) is 18.2 Å². The number of fused-ring (bicyclic) bond motifs is 1. The summed E-state index contributed by atoms with van der Waals surface area (Å²) < 4.78 is 2.15. The number of imidazole rings is 1. The van der Waals surface area contributed by atoms with E-state index >= 15 is 0 Å². The predicted octanol–water partition coefficient (Wildman–Crippen LogP) is 2.09. The van der Waals surface area contributed by atoms with Crippen LogP contribution in [0, 0.1) is 11.8 Å². The summed E-state index contributed by atoms with van der Waals surface area (Å²) in [5.74, 6) is 1.91. The van der Waals surface area contributed by atoms with E-state index < -0.39 is 0 Å². The number of amides is 1. The fraction of sp³-hybridized carbons (Fsp3) is 0.556. The molecule has 1 amide bonds. The first-order valence-corrected chi connectivity index (χ1v) is 8.59. The zero-order valence-electron chi connectivity index (χ0n) is 13.8. The van der Waals surface area contributed by atoms with E-state index in [-0.39, 0.29) is 12.0 Å². The summed E-state index contributed by atoms with van der Waals surface area (Å²) in [6, 6.07) is 8.31. The number of nitrogens with one attached hydrogen (secondary N) is 1. The SMILES string of the molecule is CC(C(=O)N1CCCC1c1nc2ccccc2n1C)C1CNC1. The second kappa shape index (κ2) is 5.64. The molecule has 2 aromatic rings. The molecule has 0 radical (unpaired) electrons. The quantitative estimate of drug-likeness (QED) is 0.944. The fourth-order valence-corrected chi connectivity index (χ4v) is 3.89. The van der Waals surface area contributed by atoms with Gasteiger partial charge in [0.15, 0.2) is 0 Å². The molecule has 3 heterocycles. The molecule has 122 valence electrons. The van der Waals surface area contributed by atoms with Crippen molar-refractivity contribution in [1.82, 2.24) is 19.8 Å². The topological polar surface area (TPSA) is 50.2 Å². The molecular weight excluding hydrogens is 288 g/mol. The van der Waals surface area contributed by atoms with Gasteiger partial charge in [0.05, 0.1) is 17.1 Å². The van der Waals surface area contributed by atoms with E-state index in [1.54, 1.807) is 0 Å². The molecule has 2 unspecified atom stereocenters. The van der Waals surface area contributed by atoms with Crippen LogP contribution < -0.4 is 5.32 Å². The second-order valence-electron chi connectivity index (χ2n) is 6.91. The molecule has 1 N–H and O–H groups in total. The normalized spacial score (nSPS) is 23.2. The molecule has 0 aliphatic carbocycles. The third-order valence-electron chi connectivity index (χ3n) is 5.57. The molecule has 1 aromatic heterocycles. The van der Waals surface area contributed by atoms with E-state index in [0.29, 0.717) is 11.8 Å². The van der Waals surface area contributed by atoms with Crippen molar-refractivity contribution >= 4 is 16.9 Å². The Bertz CT molecular complexity index is 734. The lowest BCUT2D eigenvalue weighted by molar-refractivity contribution is -0.138. The number of rotatable bonds is 3. The van der Waals surface area contributed by atoms with Crippen molar-refractivity contribution < 1.29 is 4.79 Å². The molecule has 2 aliphatic heterocycles. The van der Waals surface area contributed by atoms with Gasteiger partial charge < -0.3 is 14.8 Å². The molecular formula is C18H24N4O. The molecule has 1 aromatic carbocycles. The Labute approximate surface area is 136 Å². The Balaban J connectivity index is 1.63. The maximum Gasteiger partial charge on any atom is 0.226 e. The molecule has 4 rings (SSSR count). The summed E-state index contributed by atoms with van der Waals surface area (Å²) in [7, 11) is 2.06. The van der Waals surface area contributed by atoms with Gasteiger partial charge in [-0.15, -0.1) is 0 Å². The Morgan fingerprint density at radius 3 is 2.83 bits per heavy atom. The fourth-order valence-electron chi connectivity index (χ4n) is 3.89. The van der Waals surface area contributed by atoms with E-state index in [9.17, 15) is 4.79 Å². The molecule has 0 bridgehead atoms. The van der Waals surface area contributed by atoms with Crippen LogP contribution in [0.1, 0.15) is 31.6 Å². The number of hydrogen-bond acceptors (Lipinski definition) is 3. The van der Waals surface area contributed by atoms with E-state index in [0.717, 1.165) is 49.3 Å². The van der Waals surface area contributed by atoms with Gasteiger partial charge in [0, 0.05) is 19.5 Å². The standard InChI is InChI=1S/C18H24N4O/c1-12(13-10-19-11-13)18(23)22-9-5-8-16(22)17-20-14-6-3-4-7-15(14)21(17)2/h3-4,6-7,12-13,16,19H,5,8-11H2,1-2H3. The minimum absolute atomic E-state index is 0.103. The Morgan fingerprint density at radius 1 is 1.35 bits per heavy atom. The highest BCUT2D eigenvalue weighted by Gasteiger charge is 2.38. The number of carbonyl (C=O) groups is 1. The van der Waals surface area contributed by atoms with Gasteiger partial charge in [0.2, 0.25) is 5.91 Å². The first-order chi connectivity index (χ1) is 11.2. The summed E-state index contributed by atoms with van der Waals surface area (Å²) in [5, 5.41) is 3.27. The number of carbonyl (C=O) groups excluding carboxylic acids is 1. The zero-order chi connectivity index (χ0) is 16.0.